The molecule has 0 bridgehead atoms. The summed E-state index contributed by atoms with van der Waals surface area (Å²) < 4.78 is 27.9. The number of nitrogens with zero attached hydrogens (tertiary/aromatic N) is 3. The molecule has 152 valence electrons. The van der Waals surface area contributed by atoms with E-state index in [1.807, 2.05) is 13.8 Å². The van der Waals surface area contributed by atoms with Gasteiger partial charge in [0.05, 0.1) is 6.20 Å². The van der Waals surface area contributed by atoms with Crippen LogP contribution in [0.15, 0.2) is 54.7 Å². The van der Waals surface area contributed by atoms with Crippen LogP contribution in [0, 0.1) is 25.5 Å². The van der Waals surface area contributed by atoms with Gasteiger partial charge in [0.15, 0.2) is 5.65 Å². The normalized spacial score (nSPS) is 11.1. The van der Waals surface area contributed by atoms with Crippen molar-refractivity contribution in [2.45, 2.75) is 26.8 Å². The predicted molar refractivity (Wildman–Crippen MR) is 109 cm³/mol. The lowest BCUT2D eigenvalue weighted by Crippen LogP contribution is -2.23. The average molecular weight is 406 g/mol. The van der Waals surface area contributed by atoms with Gasteiger partial charge in [0.25, 0.3) is 5.91 Å². The van der Waals surface area contributed by atoms with Gasteiger partial charge < -0.3 is 5.32 Å². The van der Waals surface area contributed by atoms with E-state index in [2.05, 4.69) is 15.4 Å². The lowest BCUT2D eigenvalue weighted by molar-refractivity contribution is 0.0952. The first kappa shape index (κ1) is 19.7. The van der Waals surface area contributed by atoms with Gasteiger partial charge in [-0.1, -0.05) is 24.3 Å². The third-order valence-corrected chi connectivity index (χ3v) is 5.11. The molecular weight excluding hydrogens is 386 g/mol. The van der Waals surface area contributed by atoms with Crippen LogP contribution in [0.1, 0.15) is 38.4 Å². The van der Waals surface area contributed by atoms with Crippen molar-refractivity contribution in [3.05, 3.63) is 100 Å². The fourth-order valence-electron chi connectivity index (χ4n) is 3.41. The molecule has 0 spiro atoms. The van der Waals surface area contributed by atoms with E-state index in [1.54, 1.807) is 28.8 Å². The number of hydrogen-bond acceptors (Lipinski definition) is 3. The molecule has 2 aromatic carbocycles. The Balaban J connectivity index is 1.59. The minimum Gasteiger partial charge on any atom is -0.348 e. The third kappa shape index (κ3) is 3.91. The highest BCUT2D eigenvalue weighted by atomic mass is 19.1. The van der Waals surface area contributed by atoms with Crippen LogP contribution in [0.3, 0.4) is 0 Å². The molecule has 0 saturated heterocycles. The van der Waals surface area contributed by atoms with Gasteiger partial charge in [0.2, 0.25) is 0 Å². The van der Waals surface area contributed by atoms with Gasteiger partial charge in [0.1, 0.15) is 17.2 Å². The molecule has 2 aromatic heterocycles. The zero-order chi connectivity index (χ0) is 21.3. The number of aryl methyl sites for hydroxylation is 2. The van der Waals surface area contributed by atoms with E-state index in [4.69, 9.17) is 0 Å². The Morgan fingerprint density at radius 3 is 2.20 bits per heavy atom. The van der Waals surface area contributed by atoms with Crippen LogP contribution < -0.4 is 5.32 Å². The molecule has 0 unspecified atom stereocenters. The van der Waals surface area contributed by atoms with Crippen molar-refractivity contribution in [3.8, 4) is 0 Å². The molecule has 0 saturated carbocycles. The summed E-state index contributed by atoms with van der Waals surface area (Å²) in [6.07, 6.45) is 2.09. The molecule has 2 heterocycles. The zero-order valence-electron chi connectivity index (χ0n) is 16.6. The van der Waals surface area contributed by atoms with Crippen molar-refractivity contribution < 1.29 is 13.6 Å². The summed E-state index contributed by atoms with van der Waals surface area (Å²) in [6.45, 7) is 4.09. The number of carbonyl (C=O) groups excluding carboxylic acids is 1. The lowest BCUT2D eigenvalue weighted by Gasteiger charge is -2.12. The number of nitrogens with one attached hydrogen (secondary N) is 1. The van der Waals surface area contributed by atoms with E-state index < -0.39 is 0 Å². The summed E-state index contributed by atoms with van der Waals surface area (Å²) in [6, 6.07) is 12.3. The van der Waals surface area contributed by atoms with E-state index in [1.165, 1.54) is 30.5 Å². The van der Waals surface area contributed by atoms with Gasteiger partial charge in [-0.25, -0.2) is 18.3 Å². The largest absolute Gasteiger partial charge is 0.348 e. The zero-order valence-corrected chi connectivity index (χ0v) is 16.6. The average Bonchev–Trinajstić information content (AvgIpc) is 3.16. The summed E-state index contributed by atoms with van der Waals surface area (Å²) >= 11 is 0. The van der Waals surface area contributed by atoms with Crippen LogP contribution in [0.5, 0.6) is 0 Å². The highest BCUT2D eigenvalue weighted by Gasteiger charge is 2.18. The highest BCUT2D eigenvalue weighted by molar-refractivity contribution is 5.99. The predicted octanol–water partition coefficient (Wildman–Crippen LogP) is 4.15. The van der Waals surface area contributed by atoms with Crippen molar-refractivity contribution in [2.24, 2.45) is 0 Å². The van der Waals surface area contributed by atoms with Gasteiger partial charge in [-0.05, 0) is 54.8 Å². The maximum atomic E-state index is 13.2. The summed E-state index contributed by atoms with van der Waals surface area (Å²) in [5.41, 5.74) is 5.25. The summed E-state index contributed by atoms with van der Waals surface area (Å²) in [5, 5.41) is 7.17. The quantitative estimate of drug-likeness (QED) is 0.542. The first-order valence-corrected chi connectivity index (χ1v) is 9.53. The smallest absolute Gasteiger partial charge is 0.257 e. The highest BCUT2D eigenvalue weighted by Crippen LogP contribution is 2.20. The molecule has 1 amide bonds. The maximum Gasteiger partial charge on any atom is 0.257 e. The van der Waals surface area contributed by atoms with Crippen LogP contribution in [0.4, 0.5) is 8.78 Å². The second kappa shape index (κ2) is 8.02. The fraction of sp³-hybridized carbons (Fsp3) is 0.174. The number of benzene rings is 2. The van der Waals surface area contributed by atoms with E-state index in [0.717, 1.165) is 28.1 Å². The Labute approximate surface area is 172 Å². The third-order valence-electron chi connectivity index (χ3n) is 5.11. The van der Waals surface area contributed by atoms with E-state index in [9.17, 15) is 13.6 Å². The van der Waals surface area contributed by atoms with Gasteiger partial charge in [-0.2, -0.15) is 5.10 Å². The first-order valence-electron chi connectivity index (χ1n) is 9.53. The molecular formula is C23H20F2N4O. The topological polar surface area (TPSA) is 59.3 Å². The number of rotatable bonds is 5. The molecule has 0 fully saturated rings. The van der Waals surface area contributed by atoms with Gasteiger partial charge in [0, 0.05) is 24.4 Å². The molecule has 0 aliphatic rings. The fourth-order valence-corrected chi connectivity index (χ4v) is 3.41. The molecule has 0 aliphatic carbocycles. The van der Waals surface area contributed by atoms with Crippen molar-refractivity contribution in [3.63, 3.8) is 0 Å². The Morgan fingerprint density at radius 2 is 1.57 bits per heavy atom. The summed E-state index contributed by atoms with van der Waals surface area (Å²) in [5.74, 6) is -0.893. The number of carbonyl (C=O) groups is 1. The molecule has 5 nitrogen and oxygen atoms in total. The molecule has 0 atom stereocenters. The Hall–Kier alpha value is -3.61. The van der Waals surface area contributed by atoms with Crippen molar-refractivity contribution in [2.75, 3.05) is 0 Å². The van der Waals surface area contributed by atoms with Gasteiger partial charge in [-0.3, -0.25) is 4.79 Å². The van der Waals surface area contributed by atoms with E-state index >= 15 is 0 Å². The van der Waals surface area contributed by atoms with E-state index in [0.29, 0.717) is 17.6 Å². The number of fused-ring (bicyclic) bond motifs is 1. The number of amides is 1. The van der Waals surface area contributed by atoms with E-state index in [-0.39, 0.29) is 24.1 Å². The minimum atomic E-state index is -0.320. The standard InChI is InChI=1S/C23H20F2N4O/c1-14-20(11-16-3-7-18(24)8-4-16)15(2)29-22(28-14)21(13-27-29)23(30)26-12-17-5-9-19(25)10-6-17/h3-10,13H,11-12H2,1-2H3,(H,26,30). The molecule has 1 N–H and O–H groups in total. The van der Waals surface area contributed by atoms with Crippen molar-refractivity contribution in [1.82, 2.24) is 19.9 Å². The second-order valence-electron chi connectivity index (χ2n) is 7.17. The minimum absolute atomic E-state index is 0.274. The molecule has 4 aromatic rings. The Kier molecular flexibility index (Phi) is 5.27. The lowest BCUT2D eigenvalue weighted by atomic mass is 10.0. The number of aromatic nitrogens is 3. The second-order valence-corrected chi connectivity index (χ2v) is 7.17. The molecule has 0 radical (unpaired) electrons. The summed E-state index contributed by atoms with van der Waals surface area (Å²) in [7, 11) is 0. The van der Waals surface area contributed by atoms with Crippen LogP contribution >= 0.6 is 0 Å². The Bertz CT molecular complexity index is 1210. The molecule has 7 heteroatoms. The Morgan fingerprint density at radius 1 is 0.967 bits per heavy atom. The first-order chi connectivity index (χ1) is 14.4. The van der Waals surface area contributed by atoms with Crippen LogP contribution in [0.2, 0.25) is 0 Å². The molecule has 0 aliphatic heterocycles. The maximum absolute atomic E-state index is 13.2. The molecule has 4 rings (SSSR count). The van der Waals surface area contributed by atoms with Crippen molar-refractivity contribution in [1.29, 1.82) is 0 Å². The molecule has 30 heavy (non-hydrogen) atoms. The van der Waals surface area contributed by atoms with Gasteiger partial charge >= 0.3 is 0 Å². The van der Waals surface area contributed by atoms with Crippen LogP contribution in [0.25, 0.3) is 5.65 Å². The number of halogens is 2. The summed E-state index contributed by atoms with van der Waals surface area (Å²) in [4.78, 5) is 17.3. The van der Waals surface area contributed by atoms with Crippen molar-refractivity contribution >= 4 is 11.6 Å². The van der Waals surface area contributed by atoms with Crippen LogP contribution in [-0.2, 0) is 13.0 Å². The van der Waals surface area contributed by atoms with Gasteiger partial charge in [-0.15, -0.1) is 0 Å². The number of hydrogen-bond donors (Lipinski definition) is 1. The monoisotopic (exact) mass is 406 g/mol. The SMILES string of the molecule is Cc1nc2c(C(=O)NCc3ccc(F)cc3)cnn2c(C)c1Cc1ccc(F)cc1. The van der Waals surface area contributed by atoms with Crippen LogP contribution in [-0.4, -0.2) is 20.5 Å².